The van der Waals surface area contributed by atoms with Crippen LogP contribution in [0.1, 0.15) is 31.1 Å². The second-order valence-electron chi connectivity index (χ2n) is 4.29. The van der Waals surface area contributed by atoms with Gasteiger partial charge in [-0.3, -0.25) is 9.69 Å². The third-order valence-corrected chi connectivity index (χ3v) is 3.10. The monoisotopic (exact) mass is 252 g/mol. The molecule has 1 N–H and O–H groups in total. The molecule has 1 unspecified atom stereocenters. The number of rotatable bonds is 6. The molecule has 1 aromatic rings. The number of nitrogens with one attached hydrogen (secondary N) is 1. The number of hydrogen-bond acceptors (Lipinski definition) is 2. The van der Waals surface area contributed by atoms with Gasteiger partial charge in [-0.05, 0) is 44.3 Å². The van der Waals surface area contributed by atoms with Crippen LogP contribution in [0.25, 0.3) is 0 Å². The molecule has 0 aliphatic carbocycles. The van der Waals surface area contributed by atoms with E-state index in [1.807, 2.05) is 0 Å². The predicted octanol–water partition coefficient (Wildman–Crippen LogP) is 2.29. The summed E-state index contributed by atoms with van der Waals surface area (Å²) in [6.45, 7) is 8.80. The number of nitrogens with zero attached hydrogens (tertiary/aromatic N) is 1. The van der Waals surface area contributed by atoms with Gasteiger partial charge in [0.15, 0.2) is 0 Å². The van der Waals surface area contributed by atoms with Gasteiger partial charge in [-0.25, -0.2) is 4.39 Å². The van der Waals surface area contributed by atoms with Crippen molar-refractivity contribution in [2.24, 2.45) is 0 Å². The highest BCUT2D eigenvalue weighted by Gasteiger charge is 2.12. The van der Waals surface area contributed by atoms with E-state index in [9.17, 15) is 9.18 Å². The maximum Gasteiger partial charge on any atom is 0.251 e. The van der Waals surface area contributed by atoms with Gasteiger partial charge in [0.2, 0.25) is 0 Å². The van der Waals surface area contributed by atoms with E-state index in [1.165, 1.54) is 24.3 Å². The van der Waals surface area contributed by atoms with E-state index < -0.39 is 0 Å². The lowest BCUT2D eigenvalue weighted by atomic mass is 10.2. The first-order valence-electron chi connectivity index (χ1n) is 6.36. The molecular weight excluding hydrogens is 231 g/mol. The van der Waals surface area contributed by atoms with Gasteiger partial charge in [-0.1, -0.05) is 13.8 Å². The quantitative estimate of drug-likeness (QED) is 0.842. The molecule has 0 fully saturated rings. The molecule has 0 aliphatic heterocycles. The number of likely N-dealkylation sites (N-methyl/N-ethyl adjacent to an activating group) is 1. The second-order valence-corrected chi connectivity index (χ2v) is 4.29. The van der Waals surface area contributed by atoms with E-state index in [1.54, 1.807) is 0 Å². The first-order chi connectivity index (χ1) is 8.58. The Kier molecular flexibility index (Phi) is 5.78. The lowest BCUT2D eigenvalue weighted by Crippen LogP contribution is -2.42. The van der Waals surface area contributed by atoms with Gasteiger partial charge in [-0.15, -0.1) is 0 Å². The van der Waals surface area contributed by atoms with Crippen molar-refractivity contribution in [3.63, 3.8) is 0 Å². The fourth-order valence-corrected chi connectivity index (χ4v) is 1.92. The van der Waals surface area contributed by atoms with Gasteiger partial charge >= 0.3 is 0 Å². The van der Waals surface area contributed by atoms with Crippen molar-refractivity contribution in [1.82, 2.24) is 10.2 Å². The Morgan fingerprint density at radius 1 is 1.28 bits per heavy atom. The second kappa shape index (κ2) is 7.11. The van der Waals surface area contributed by atoms with Crippen LogP contribution in [0.2, 0.25) is 0 Å². The highest BCUT2D eigenvalue weighted by molar-refractivity contribution is 5.94. The Bertz CT molecular complexity index is 374. The van der Waals surface area contributed by atoms with Crippen LogP contribution in [-0.4, -0.2) is 36.5 Å². The molecule has 18 heavy (non-hydrogen) atoms. The molecule has 1 atom stereocenters. The Morgan fingerprint density at radius 3 is 2.33 bits per heavy atom. The van der Waals surface area contributed by atoms with Gasteiger partial charge in [0.25, 0.3) is 5.91 Å². The minimum atomic E-state index is -0.331. The van der Waals surface area contributed by atoms with Crippen LogP contribution in [-0.2, 0) is 0 Å². The summed E-state index contributed by atoms with van der Waals surface area (Å²) < 4.78 is 12.7. The molecule has 0 aliphatic rings. The lowest BCUT2D eigenvalue weighted by Gasteiger charge is -2.26. The minimum Gasteiger partial charge on any atom is -0.350 e. The minimum absolute atomic E-state index is 0.158. The fourth-order valence-electron chi connectivity index (χ4n) is 1.92. The zero-order chi connectivity index (χ0) is 13.5. The molecule has 0 heterocycles. The molecule has 1 aromatic carbocycles. The first-order valence-corrected chi connectivity index (χ1v) is 6.36. The standard InChI is InChI=1S/C14H21FN2O/c1-4-17(5-2)11(3)10-16-14(18)12-6-8-13(15)9-7-12/h6-9,11H,4-5,10H2,1-3H3,(H,16,18). The molecule has 4 heteroatoms. The summed E-state index contributed by atoms with van der Waals surface area (Å²) in [6.07, 6.45) is 0. The topological polar surface area (TPSA) is 32.3 Å². The summed E-state index contributed by atoms with van der Waals surface area (Å²) >= 11 is 0. The van der Waals surface area contributed by atoms with Crippen LogP contribution in [0, 0.1) is 5.82 Å². The van der Waals surface area contributed by atoms with Crippen molar-refractivity contribution in [1.29, 1.82) is 0 Å². The SMILES string of the molecule is CCN(CC)C(C)CNC(=O)c1ccc(F)cc1. The molecule has 3 nitrogen and oxygen atoms in total. The van der Waals surface area contributed by atoms with E-state index >= 15 is 0 Å². The van der Waals surface area contributed by atoms with Crippen molar-refractivity contribution in [2.45, 2.75) is 26.8 Å². The first kappa shape index (κ1) is 14.6. The number of hydrogen-bond donors (Lipinski definition) is 1. The van der Waals surface area contributed by atoms with Crippen LogP contribution in [0.4, 0.5) is 4.39 Å². The third kappa shape index (κ3) is 4.11. The highest BCUT2D eigenvalue weighted by Crippen LogP contribution is 2.03. The van der Waals surface area contributed by atoms with Gasteiger partial charge in [-0.2, -0.15) is 0 Å². The molecule has 0 aromatic heterocycles. The van der Waals surface area contributed by atoms with Crippen LogP contribution in [0.3, 0.4) is 0 Å². The highest BCUT2D eigenvalue weighted by atomic mass is 19.1. The van der Waals surface area contributed by atoms with Crippen LogP contribution < -0.4 is 5.32 Å². The average molecular weight is 252 g/mol. The number of carbonyl (C=O) groups excluding carboxylic acids is 1. The van der Waals surface area contributed by atoms with Gasteiger partial charge in [0, 0.05) is 18.2 Å². The number of benzene rings is 1. The largest absolute Gasteiger partial charge is 0.350 e. The maximum atomic E-state index is 12.7. The summed E-state index contributed by atoms with van der Waals surface area (Å²) in [5.74, 6) is -0.489. The Balaban J connectivity index is 2.48. The van der Waals surface area contributed by atoms with E-state index in [-0.39, 0.29) is 11.7 Å². The lowest BCUT2D eigenvalue weighted by molar-refractivity contribution is 0.0938. The molecular formula is C14H21FN2O. The summed E-state index contributed by atoms with van der Waals surface area (Å²) in [5, 5.41) is 2.86. The van der Waals surface area contributed by atoms with E-state index in [2.05, 4.69) is 31.0 Å². The maximum absolute atomic E-state index is 12.7. The summed E-state index contributed by atoms with van der Waals surface area (Å²) in [6, 6.07) is 5.87. The Morgan fingerprint density at radius 2 is 1.83 bits per heavy atom. The molecule has 1 amide bonds. The predicted molar refractivity (Wildman–Crippen MR) is 71.1 cm³/mol. The van der Waals surface area contributed by atoms with Gasteiger partial charge in [0.1, 0.15) is 5.82 Å². The molecule has 0 radical (unpaired) electrons. The molecule has 0 bridgehead atoms. The molecule has 1 rings (SSSR count). The van der Waals surface area contributed by atoms with Crippen molar-refractivity contribution in [2.75, 3.05) is 19.6 Å². The molecule has 0 saturated heterocycles. The zero-order valence-corrected chi connectivity index (χ0v) is 11.2. The Labute approximate surface area is 108 Å². The van der Waals surface area contributed by atoms with Crippen LogP contribution >= 0.6 is 0 Å². The Hall–Kier alpha value is -1.42. The van der Waals surface area contributed by atoms with Crippen molar-refractivity contribution in [3.8, 4) is 0 Å². The normalized spacial score (nSPS) is 12.5. The van der Waals surface area contributed by atoms with E-state index in [4.69, 9.17) is 0 Å². The summed E-state index contributed by atoms with van der Waals surface area (Å²) in [5.41, 5.74) is 0.489. The summed E-state index contributed by atoms with van der Waals surface area (Å²) in [7, 11) is 0. The van der Waals surface area contributed by atoms with Crippen molar-refractivity contribution >= 4 is 5.91 Å². The molecule has 0 saturated carbocycles. The van der Waals surface area contributed by atoms with Gasteiger partial charge in [0.05, 0.1) is 0 Å². The summed E-state index contributed by atoms with van der Waals surface area (Å²) in [4.78, 5) is 14.1. The van der Waals surface area contributed by atoms with Crippen LogP contribution in [0.5, 0.6) is 0 Å². The van der Waals surface area contributed by atoms with E-state index in [0.29, 0.717) is 18.2 Å². The van der Waals surface area contributed by atoms with Gasteiger partial charge < -0.3 is 5.32 Å². The zero-order valence-electron chi connectivity index (χ0n) is 11.2. The number of carbonyl (C=O) groups is 1. The molecule has 0 spiro atoms. The smallest absolute Gasteiger partial charge is 0.251 e. The molecule has 100 valence electrons. The fraction of sp³-hybridized carbons (Fsp3) is 0.500. The van der Waals surface area contributed by atoms with E-state index in [0.717, 1.165) is 13.1 Å². The van der Waals surface area contributed by atoms with Crippen LogP contribution in [0.15, 0.2) is 24.3 Å². The van der Waals surface area contributed by atoms with Crippen molar-refractivity contribution in [3.05, 3.63) is 35.6 Å². The van der Waals surface area contributed by atoms with Crippen molar-refractivity contribution < 1.29 is 9.18 Å². The third-order valence-electron chi connectivity index (χ3n) is 3.10. The number of halogens is 1. The average Bonchev–Trinajstić information content (AvgIpc) is 2.38. The number of amides is 1.